The number of aryl methyl sites for hydroxylation is 1. The summed E-state index contributed by atoms with van der Waals surface area (Å²) in [7, 11) is 3.59. The van der Waals surface area contributed by atoms with Gasteiger partial charge in [0.1, 0.15) is 16.6 Å². The van der Waals surface area contributed by atoms with Gasteiger partial charge in [-0.3, -0.25) is 4.68 Å². The summed E-state index contributed by atoms with van der Waals surface area (Å²) < 4.78 is 13.7. The molecule has 1 amide bonds. The van der Waals surface area contributed by atoms with Crippen molar-refractivity contribution in [3.8, 4) is 0 Å². The Morgan fingerprint density at radius 1 is 1.41 bits per heavy atom. The van der Waals surface area contributed by atoms with Gasteiger partial charge in [-0.25, -0.2) is 14.8 Å². The highest BCUT2D eigenvalue weighted by atomic mass is 79.9. The lowest BCUT2D eigenvalue weighted by Crippen LogP contribution is -2.37. The zero-order valence-corrected chi connectivity index (χ0v) is 19.3. The molecule has 10 heteroatoms. The van der Waals surface area contributed by atoms with Gasteiger partial charge >= 0.3 is 6.09 Å². The molecule has 0 spiro atoms. The molecule has 1 atom stereocenters. The molecule has 2 aromatic rings. The first-order valence-electron chi connectivity index (χ1n) is 9.79. The summed E-state index contributed by atoms with van der Waals surface area (Å²) in [4.78, 5) is 25.0. The van der Waals surface area contributed by atoms with Crippen LogP contribution < -0.4 is 4.90 Å². The van der Waals surface area contributed by atoms with E-state index in [-0.39, 0.29) is 12.1 Å². The van der Waals surface area contributed by atoms with Gasteiger partial charge in [0, 0.05) is 27.2 Å². The summed E-state index contributed by atoms with van der Waals surface area (Å²) in [6.45, 7) is 7.96. The predicted octanol–water partition coefficient (Wildman–Crippen LogP) is 2.98. The highest BCUT2D eigenvalue weighted by Crippen LogP contribution is 2.26. The Kier molecular flexibility index (Phi) is 6.62. The van der Waals surface area contributed by atoms with Crippen molar-refractivity contribution in [3.63, 3.8) is 0 Å². The average molecular weight is 469 g/mol. The molecule has 160 valence electrons. The third kappa shape index (κ3) is 5.36. The van der Waals surface area contributed by atoms with E-state index in [1.807, 2.05) is 34.0 Å². The molecule has 0 aromatic carbocycles. The van der Waals surface area contributed by atoms with E-state index in [0.717, 1.165) is 35.0 Å². The summed E-state index contributed by atoms with van der Waals surface area (Å²) in [6, 6.07) is 0.217. The van der Waals surface area contributed by atoms with Crippen LogP contribution in [0.3, 0.4) is 0 Å². The highest BCUT2D eigenvalue weighted by Gasteiger charge is 2.28. The number of anilines is 1. The molecule has 1 saturated heterocycles. The van der Waals surface area contributed by atoms with E-state index < -0.39 is 5.60 Å². The molecule has 1 aliphatic rings. The van der Waals surface area contributed by atoms with Crippen LogP contribution >= 0.6 is 15.9 Å². The van der Waals surface area contributed by atoms with Crippen LogP contribution in [0.15, 0.2) is 10.8 Å². The van der Waals surface area contributed by atoms with Gasteiger partial charge in [0.05, 0.1) is 25.5 Å². The minimum absolute atomic E-state index is 0.217. The maximum absolute atomic E-state index is 12.0. The molecule has 3 rings (SSSR count). The number of aromatic nitrogens is 4. The molecule has 29 heavy (non-hydrogen) atoms. The lowest BCUT2D eigenvalue weighted by Gasteiger charge is -2.26. The minimum Gasteiger partial charge on any atom is -0.444 e. The molecule has 9 nitrogen and oxygen atoms in total. The van der Waals surface area contributed by atoms with E-state index in [0.29, 0.717) is 25.7 Å². The number of carbonyl (C=O) groups excluding carboxylic acids is 1. The van der Waals surface area contributed by atoms with E-state index in [2.05, 4.69) is 30.9 Å². The number of rotatable bonds is 6. The van der Waals surface area contributed by atoms with Crippen LogP contribution in [0.4, 0.5) is 10.7 Å². The molecule has 2 aromatic heterocycles. The number of ether oxygens (including phenoxy) is 2. The average Bonchev–Trinajstić information content (AvgIpc) is 3.21. The van der Waals surface area contributed by atoms with Crippen LogP contribution in [-0.2, 0) is 16.5 Å². The molecular weight excluding hydrogens is 440 g/mol. The number of amides is 1. The van der Waals surface area contributed by atoms with Crippen LogP contribution in [-0.4, -0.2) is 75.7 Å². The van der Waals surface area contributed by atoms with Gasteiger partial charge in [-0.1, -0.05) is 0 Å². The van der Waals surface area contributed by atoms with Crippen LogP contribution in [0.2, 0.25) is 0 Å². The number of halogens is 1. The normalized spacial score (nSPS) is 17.2. The molecule has 0 aliphatic carbocycles. The number of hydrogen-bond donors (Lipinski definition) is 0. The number of fused-ring (bicyclic) bond motifs is 1. The standard InChI is InChI=1S/C19H29BrN6O3/c1-19(2,3)29-18(27)24(4)9-10-28-12-13-7-6-8-26(13)17-21-11-14-15(22-17)16(20)23-25(14)5/h11,13H,6-10,12H2,1-5H3. The second kappa shape index (κ2) is 8.83. The summed E-state index contributed by atoms with van der Waals surface area (Å²) >= 11 is 3.46. The zero-order chi connectivity index (χ0) is 21.2. The van der Waals surface area contributed by atoms with E-state index in [1.165, 1.54) is 4.90 Å². The number of nitrogens with zero attached hydrogens (tertiary/aromatic N) is 6. The van der Waals surface area contributed by atoms with Gasteiger partial charge in [-0.2, -0.15) is 5.10 Å². The van der Waals surface area contributed by atoms with Crippen molar-refractivity contribution in [1.29, 1.82) is 0 Å². The quantitative estimate of drug-likeness (QED) is 0.602. The first-order valence-corrected chi connectivity index (χ1v) is 10.6. The molecule has 0 saturated carbocycles. The Bertz CT molecular complexity index is 865. The van der Waals surface area contributed by atoms with Gasteiger partial charge in [-0.05, 0) is 49.5 Å². The van der Waals surface area contributed by atoms with Crippen LogP contribution in [0.5, 0.6) is 0 Å². The lowest BCUT2D eigenvalue weighted by atomic mass is 10.2. The van der Waals surface area contributed by atoms with Gasteiger partial charge in [0.25, 0.3) is 0 Å². The maximum atomic E-state index is 12.0. The van der Waals surface area contributed by atoms with E-state index in [1.54, 1.807) is 11.7 Å². The fourth-order valence-electron chi connectivity index (χ4n) is 3.25. The van der Waals surface area contributed by atoms with Crippen LogP contribution in [0.1, 0.15) is 33.6 Å². The van der Waals surface area contributed by atoms with Gasteiger partial charge in [0.2, 0.25) is 5.95 Å². The van der Waals surface area contributed by atoms with Gasteiger partial charge in [0.15, 0.2) is 4.60 Å². The first-order chi connectivity index (χ1) is 13.7. The summed E-state index contributed by atoms with van der Waals surface area (Å²) in [5, 5.41) is 4.34. The largest absolute Gasteiger partial charge is 0.444 e. The van der Waals surface area contributed by atoms with E-state index >= 15 is 0 Å². The molecule has 1 unspecified atom stereocenters. The second-order valence-electron chi connectivity index (χ2n) is 8.28. The Morgan fingerprint density at radius 2 is 2.17 bits per heavy atom. The summed E-state index contributed by atoms with van der Waals surface area (Å²) in [5.74, 6) is 0.697. The fourth-order valence-corrected chi connectivity index (χ4v) is 3.78. The SMILES string of the molecule is CN(CCOCC1CCCN1c1ncc2c(n1)c(Br)nn2C)C(=O)OC(C)(C)C. The van der Waals surface area contributed by atoms with Crippen molar-refractivity contribution in [3.05, 3.63) is 10.8 Å². The van der Waals surface area contributed by atoms with Crippen LogP contribution in [0.25, 0.3) is 11.0 Å². The first kappa shape index (κ1) is 21.8. The Labute approximate surface area is 179 Å². The van der Waals surface area contributed by atoms with Crippen molar-refractivity contribution >= 4 is 39.0 Å². The van der Waals surface area contributed by atoms with Crippen molar-refractivity contribution in [2.75, 3.05) is 38.3 Å². The fraction of sp³-hybridized carbons (Fsp3) is 0.684. The molecule has 0 bridgehead atoms. The molecule has 1 fully saturated rings. The molecule has 3 heterocycles. The van der Waals surface area contributed by atoms with Gasteiger partial charge < -0.3 is 19.3 Å². The minimum atomic E-state index is -0.499. The number of carbonyl (C=O) groups is 1. The highest BCUT2D eigenvalue weighted by molar-refractivity contribution is 9.10. The Hall–Kier alpha value is -1.94. The third-order valence-corrected chi connectivity index (χ3v) is 5.29. The Balaban J connectivity index is 1.53. The zero-order valence-electron chi connectivity index (χ0n) is 17.7. The number of hydrogen-bond acceptors (Lipinski definition) is 7. The van der Waals surface area contributed by atoms with Gasteiger partial charge in [-0.15, -0.1) is 0 Å². The molecule has 0 radical (unpaired) electrons. The summed E-state index contributed by atoms with van der Waals surface area (Å²) in [5.41, 5.74) is 1.20. The topological polar surface area (TPSA) is 85.6 Å². The van der Waals surface area contributed by atoms with E-state index in [4.69, 9.17) is 14.5 Å². The molecular formula is C19H29BrN6O3. The van der Waals surface area contributed by atoms with Crippen molar-refractivity contribution in [1.82, 2.24) is 24.6 Å². The summed E-state index contributed by atoms with van der Waals surface area (Å²) in [6.07, 6.45) is 3.56. The van der Waals surface area contributed by atoms with Crippen molar-refractivity contribution in [2.45, 2.75) is 45.3 Å². The maximum Gasteiger partial charge on any atom is 0.410 e. The predicted molar refractivity (Wildman–Crippen MR) is 114 cm³/mol. The smallest absolute Gasteiger partial charge is 0.410 e. The lowest BCUT2D eigenvalue weighted by molar-refractivity contribution is 0.0225. The third-order valence-electron chi connectivity index (χ3n) is 4.76. The monoisotopic (exact) mass is 468 g/mol. The van der Waals surface area contributed by atoms with E-state index in [9.17, 15) is 4.79 Å². The molecule has 1 aliphatic heterocycles. The van der Waals surface area contributed by atoms with Crippen LogP contribution in [0, 0.1) is 0 Å². The molecule has 0 N–H and O–H groups in total. The Morgan fingerprint density at radius 3 is 2.90 bits per heavy atom. The van der Waals surface area contributed by atoms with Crippen molar-refractivity contribution in [2.24, 2.45) is 7.05 Å². The second-order valence-corrected chi connectivity index (χ2v) is 9.04. The number of likely N-dealkylation sites (N-methyl/N-ethyl adjacent to an activating group) is 1. The van der Waals surface area contributed by atoms with Crippen molar-refractivity contribution < 1.29 is 14.3 Å².